The Hall–Kier alpha value is -0.256. The Morgan fingerprint density at radius 2 is 1.62 bits per heavy atom. The summed E-state index contributed by atoms with van der Waals surface area (Å²) >= 11 is 0. The summed E-state index contributed by atoms with van der Waals surface area (Å²) < 4.78 is 12.7. The zero-order valence-electron chi connectivity index (χ0n) is 18.2. The molecule has 1 aliphatic rings. The summed E-state index contributed by atoms with van der Waals surface area (Å²) in [4.78, 5) is 16.5. The molecule has 26 heavy (non-hydrogen) atoms. The molecule has 8 heteroatoms. The van der Waals surface area contributed by atoms with Gasteiger partial charge in [0.2, 0.25) is 0 Å². The van der Waals surface area contributed by atoms with Crippen molar-refractivity contribution in [2.75, 3.05) is 6.61 Å². The molecule has 0 aromatic carbocycles. The van der Waals surface area contributed by atoms with Gasteiger partial charge in [-0.2, -0.15) is 0 Å². The van der Waals surface area contributed by atoms with Gasteiger partial charge >= 0.3 is 5.97 Å². The van der Waals surface area contributed by atoms with Gasteiger partial charge in [-0.25, -0.2) is 0 Å². The van der Waals surface area contributed by atoms with Gasteiger partial charge in [-0.3, -0.25) is 4.79 Å². The molecule has 6 nitrogen and oxygen atoms in total. The maximum absolute atomic E-state index is 11.6. The molecule has 1 heterocycles. The van der Waals surface area contributed by atoms with Gasteiger partial charge in [-0.15, -0.1) is 5.48 Å². The van der Waals surface area contributed by atoms with Crippen LogP contribution in [-0.2, 0) is 18.5 Å². The zero-order valence-corrected chi connectivity index (χ0v) is 20.2. The van der Waals surface area contributed by atoms with Gasteiger partial charge in [0.05, 0.1) is 25.2 Å². The standard InChI is InChI=1S/C18H39NO5Si2/c1-17(2,3)25(7,8)22-12-14(20)16(13-11-15(21)23-19-13)24-26(9,10)18(4,5)6/h13-14,16,19-20H,11-12H2,1-10H3/t13-,14+,16-/m0/s1. The Labute approximate surface area is 161 Å². The van der Waals surface area contributed by atoms with Gasteiger partial charge < -0.3 is 18.8 Å². The molecule has 0 radical (unpaired) electrons. The van der Waals surface area contributed by atoms with E-state index in [1.54, 1.807) is 0 Å². The van der Waals surface area contributed by atoms with Gasteiger partial charge in [-0.1, -0.05) is 41.5 Å². The fraction of sp³-hybridized carbons (Fsp3) is 0.944. The fourth-order valence-corrected chi connectivity index (χ4v) is 4.51. The molecule has 0 aliphatic carbocycles. The highest BCUT2D eigenvalue weighted by Gasteiger charge is 2.46. The molecule has 0 amide bonds. The molecule has 0 unspecified atom stereocenters. The van der Waals surface area contributed by atoms with Crippen LogP contribution in [0.3, 0.4) is 0 Å². The van der Waals surface area contributed by atoms with Crippen molar-refractivity contribution in [2.45, 2.75) is 102 Å². The largest absolute Gasteiger partial charge is 0.414 e. The molecule has 1 rings (SSSR count). The number of aliphatic hydroxyl groups excluding tert-OH is 1. The van der Waals surface area contributed by atoms with Crippen LogP contribution in [0, 0.1) is 0 Å². The molecule has 154 valence electrons. The predicted octanol–water partition coefficient (Wildman–Crippen LogP) is 3.58. The van der Waals surface area contributed by atoms with Crippen molar-refractivity contribution in [3.8, 4) is 0 Å². The first kappa shape index (κ1) is 23.8. The van der Waals surface area contributed by atoms with E-state index < -0.39 is 28.8 Å². The molecule has 0 aromatic rings. The normalized spacial score (nSPS) is 22.3. The Bertz CT molecular complexity index is 497. The summed E-state index contributed by atoms with van der Waals surface area (Å²) in [6.45, 7) is 21.7. The van der Waals surface area contributed by atoms with Gasteiger partial charge in [0.25, 0.3) is 0 Å². The second-order valence-corrected chi connectivity index (χ2v) is 19.9. The lowest BCUT2D eigenvalue weighted by atomic mass is 10.0. The molecule has 0 bridgehead atoms. The summed E-state index contributed by atoms with van der Waals surface area (Å²) in [5.41, 5.74) is 2.73. The summed E-state index contributed by atoms with van der Waals surface area (Å²) in [6, 6.07) is -0.366. The first-order valence-corrected chi connectivity index (χ1v) is 15.2. The molecule has 1 saturated heterocycles. The van der Waals surface area contributed by atoms with Crippen LogP contribution in [0.25, 0.3) is 0 Å². The maximum Gasteiger partial charge on any atom is 0.326 e. The second kappa shape index (κ2) is 8.01. The van der Waals surface area contributed by atoms with E-state index in [4.69, 9.17) is 13.7 Å². The number of carbonyl (C=O) groups excluding carboxylic acids is 1. The number of aliphatic hydroxyl groups is 1. The topological polar surface area (TPSA) is 77.0 Å². The Morgan fingerprint density at radius 1 is 1.12 bits per heavy atom. The van der Waals surface area contributed by atoms with Crippen LogP contribution in [0.2, 0.25) is 36.3 Å². The van der Waals surface area contributed by atoms with Gasteiger partial charge in [-0.05, 0) is 36.3 Å². The third-order valence-electron chi connectivity index (χ3n) is 6.14. The quantitative estimate of drug-likeness (QED) is 0.631. The summed E-state index contributed by atoms with van der Waals surface area (Å²) in [6.07, 6.45) is -1.19. The summed E-state index contributed by atoms with van der Waals surface area (Å²) in [5.74, 6) is -0.323. The molecule has 0 saturated carbocycles. The van der Waals surface area contributed by atoms with Crippen LogP contribution in [0.5, 0.6) is 0 Å². The van der Waals surface area contributed by atoms with Gasteiger partial charge in [0.1, 0.15) is 6.10 Å². The van der Waals surface area contributed by atoms with Gasteiger partial charge in [0.15, 0.2) is 16.6 Å². The van der Waals surface area contributed by atoms with E-state index in [-0.39, 0.29) is 35.1 Å². The van der Waals surface area contributed by atoms with Crippen molar-refractivity contribution < 1.29 is 23.6 Å². The predicted molar refractivity (Wildman–Crippen MR) is 109 cm³/mol. The number of carbonyl (C=O) groups is 1. The molecule has 0 aromatic heterocycles. The van der Waals surface area contributed by atoms with Gasteiger partial charge in [0, 0.05) is 0 Å². The lowest BCUT2D eigenvalue weighted by Gasteiger charge is -2.42. The van der Waals surface area contributed by atoms with Crippen LogP contribution in [0.15, 0.2) is 0 Å². The van der Waals surface area contributed by atoms with E-state index in [0.29, 0.717) is 0 Å². The minimum absolute atomic E-state index is 0.00523. The molecule has 1 aliphatic heterocycles. The van der Waals surface area contributed by atoms with E-state index in [2.05, 4.69) is 73.2 Å². The molecule has 1 fully saturated rings. The first-order valence-electron chi connectivity index (χ1n) is 9.43. The van der Waals surface area contributed by atoms with Crippen LogP contribution in [-0.4, -0.2) is 52.6 Å². The number of hydrogen-bond acceptors (Lipinski definition) is 6. The highest BCUT2D eigenvalue weighted by atomic mass is 28.4. The molecule has 0 spiro atoms. The lowest BCUT2D eigenvalue weighted by Crippen LogP contribution is -2.55. The van der Waals surface area contributed by atoms with Crippen LogP contribution >= 0.6 is 0 Å². The smallest absolute Gasteiger partial charge is 0.326 e. The molecular weight excluding hydrogens is 366 g/mol. The van der Waals surface area contributed by atoms with Crippen molar-refractivity contribution in [3.63, 3.8) is 0 Å². The second-order valence-electron chi connectivity index (χ2n) is 10.4. The van der Waals surface area contributed by atoms with Crippen molar-refractivity contribution in [1.82, 2.24) is 5.48 Å². The minimum atomic E-state index is -2.14. The zero-order chi connectivity index (χ0) is 20.6. The van der Waals surface area contributed by atoms with Crippen molar-refractivity contribution in [3.05, 3.63) is 0 Å². The fourth-order valence-electron chi connectivity index (χ4n) is 2.14. The summed E-state index contributed by atoms with van der Waals surface area (Å²) in [7, 11) is -4.13. The van der Waals surface area contributed by atoms with Crippen molar-refractivity contribution in [2.24, 2.45) is 0 Å². The number of hydrogen-bond donors (Lipinski definition) is 2. The minimum Gasteiger partial charge on any atom is -0.414 e. The van der Waals surface area contributed by atoms with Crippen LogP contribution in [0.1, 0.15) is 48.0 Å². The molecule has 2 N–H and O–H groups in total. The third-order valence-corrected chi connectivity index (χ3v) is 15.1. The summed E-state index contributed by atoms with van der Waals surface area (Å²) in [5, 5.41) is 11.0. The number of hydroxylamine groups is 1. The molecule has 3 atom stereocenters. The van der Waals surface area contributed by atoms with Crippen LogP contribution < -0.4 is 5.48 Å². The number of rotatable bonds is 7. The Kier molecular flexibility index (Phi) is 7.32. The Morgan fingerprint density at radius 3 is 2.00 bits per heavy atom. The SMILES string of the molecule is CC(C)(C)[Si](C)(C)OC[C@@H](O)[C@@H](O[Si](C)(C)C(C)(C)C)[C@@H]1CC(=O)ON1. The first-order chi connectivity index (χ1) is 11.5. The van der Waals surface area contributed by atoms with E-state index in [0.717, 1.165) is 0 Å². The van der Waals surface area contributed by atoms with E-state index in [9.17, 15) is 9.90 Å². The number of nitrogens with one attached hydrogen (secondary N) is 1. The highest BCUT2D eigenvalue weighted by Crippen LogP contribution is 2.39. The lowest BCUT2D eigenvalue weighted by molar-refractivity contribution is -0.143. The maximum atomic E-state index is 11.6. The average molecular weight is 406 g/mol. The highest BCUT2D eigenvalue weighted by molar-refractivity contribution is 6.74. The molecular formula is C18H39NO5Si2. The van der Waals surface area contributed by atoms with Crippen molar-refractivity contribution >= 4 is 22.6 Å². The monoisotopic (exact) mass is 405 g/mol. The average Bonchev–Trinajstić information content (AvgIpc) is 2.86. The van der Waals surface area contributed by atoms with Crippen LogP contribution in [0.4, 0.5) is 0 Å². The van der Waals surface area contributed by atoms with E-state index in [1.165, 1.54) is 0 Å². The third kappa shape index (κ3) is 5.87. The van der Waals surface area contributed by atoms with E-state index >= 15 is 0 Å². The van der Waals surface area contributed by atoms with Crippen molar-refractivity contribution in [1.29, 1.82) is 0 Å². The Balaban J connectivity index is 2.93. The van der Waals surface area contributed by atoms with E-state index in [1.807, 2.05) is 0 Å².